The van der Waals surface area contributed by atoms with Gasteiger partial charge in [0, 0.05) is 10.9 Å². The summed E-state index contributed by atoms with van der Waals surface area (Å²) in [6.07, 6.45) is 0.839. The highest BCUT2D eigenvalue weighted by Gasteiger charge is 2.43. The number of benzene rings is 1. The Morgan fingerprint density at radius 1 is 1.33 bits per heavy atom. The average Bonchev–Trinajstić information content (AvgIpc) is 3.07. The van der Waals surface area contributed by atoms with E-state index in [1.807, 2.05) is 18.2 Å². The predicted octanol–water partition coefficient (Wildman–Crippen LogP) is 2.81. The number of carbonyl (C=O) groups excluding carboxylic acids is 1. The predicted molar refractivity (Wildman–Crippen MR) is 97.2 cm³/mol. The molecule has 136 valence electrons. The molecule has 3 N–H and O–H groups in total. The molecule has 0 bridgehead atoms. The Hall–Kier alpha value is -3.49. The van der Waals surface area contributed by atoms with Gasteiger partial charge in [0.2, 0.25) is 5.91 Å². The molecule has 8 nitrogen and oxygen atoms in total. The topological polar surface area (TPSA) is 109 Å². The summed E-state index contributed by atoms with van der Waals surface area (Å²) in [4.78, 5) is 23.6. The second-order valence-corrected chi connectivity index (χ2v) is 6.46. The van der Waals surface area contributed by atoms with Crippen molar-refractivity contribution >= 4 is 33.8 Å². The Morgan fingerprint density at radius 3 is 2.96 bits per heavy atom. The molecule has 0 radical (unpaired) electrons. The van der Waals surface area contributed by atoms with Gasteiger partial charge in [-0.05, 0) is 30.7 Å². The van der Waals surface area contributed by atoms with Gasteiger partial charge < -0.3 is 15.0 Å². The quantitative estimate of drug-likeness (QED) is 0.515. The molecular formula is C18H15FN6O2. The fourth-order valence-electron chi connectivity index (χ4n) is 3.21. The lowest BCUT2D eigenvalue weighted by atomic mass is 10.1. The minimum absolute atomic E-state index is 0.274. The Bertz CT molecular complexity index is 1180. The summed E-state index contributed by atoms with van der Waals surface area (Å²) >= 11 is 0. The molecule has 3 aromatic heterocycles. The maximum absolute atomic E-state index is 13.0. The van der Waals surface area contributed by atoms with Crippen LogP contribution in [-0.4, -0.2) is 44.3 Å². The number of ether oxygens (including phenoxy) is 1. The number of aromatic amines is 2. The third-order valence-corrected chi connectivity index (χ3v) is 4.74. The van der Waals surface area contributed by atoms with Crippen LogP contribution in [0.25, 0.3) is 33.3 Å². The number of rotatable bonds is 4. The summed E-state index contributed by atoms with van der Waals surface area (Å²) in [6, 6.07) is 7.31. The number of carbonyl (C=O) groups is 1. The van der Waals surface area contributed by atoms with Crippen LogP contribution in [0.1, 0.15) is 6.42 Å². The van der Waals surface area contributed by atoms with Gasteiger partial charge in [0.05, 0.1) is 30.6 Å². The number of hydrogen-bond acceptors (Lipinski definition) is 5. The van der Waals surface area contributed by atoms with Crippen LogP contribution in [0.15, 0.2) is 30.6 Å². The third-order valence-electron chi connectivity index (χ3n) is 4.74. The molecule has 0 aliphatic heterocycles. The number of methoxy groups -OCH3 is 1. The minimum Gasteiger partial charge on any atom is -0.494 e. The van der Waals surface area contributed by atoms with E-state index in [-0.39, 0.29) is 12.3 Å². The van der Waals surface area contributed by atoms with Crippen molar-refractivity contribution in [1.82, 2.24) is 25.1 Å². The maximum Gasteiger partial charge on any atom is 0.231 e. The van der Waals surface area contributed by atoms with Crippen LogP contribution in [0.2, 0.25) is 0 Å². The first kappa shape index (κ1) is 15.7. The van der Waals surface area contributed by atoms with Crippen LogP contribution in [-0.2, 0) is 4.79 Å². The van der Waals surface area contributed by atoms with Crippen LogP contribution in [0, 0.1) is 5.92 Å². The van der Waals surface area contributed by atoms with Crippen molar-refractivity contribution in [2.24, 2.45) is 5.92 Å². The van der Waals surface area contributed by atoms with Crippen molar-refractivity contribution in [3.63, 3.8) is 0 Å². The number of hydrogen-bond donors (Lipinski definition) is 3. The number of amides is 1. The third kappa shape index (κ3) is 2.50. The number of aromatic nitrogens is 5. The molecule has 1 amide bonds. The van der Waals surface area contributed by atoms with E-state index >= 15 is 0 Å². The van der Waals surface area contributed by atoms with Gasteiger partial charge in [0.15, 0.2) is 11.4 Å². The molecule has 0 saturated heterocycles. The lowest BCUT2D eigenvalue weighted by molar-refractivity contribution is -0.117. The highest BCUT2D eigenvalue weighted by Crippen LogP contribution is 2.38. The molecule has 9 heteroatoms. The van der Waals surface area contributed by atoms with Crippen molar-refractivity contribution in [1.29, 1.82) is 0 Å². The molecule has 3 heterocycles. The van der Waals surface area contributed by atoms with Gasteiger partial charge in [-0.25, -0.2) is 14.4 Å². The van der Waals surface area contributed by atoms with E-state index in [9.17, 15) is 9.18 Å². The zero-order chi connectivity index (χ0) is 18.5. The molecule has 1 saturated carbocycles. The second-order valence-electron chi connectivity index (χ2n) is 6.46. The highest BCUT2D eigenvalue weighted by molar-refractivity contribution is 5.99. The number of nitrogens with one attached hydrogen (secondary N) is 3. The average molecular weight is 366 g/mol. The summed E-state index contributed by atoms with van der Waals surface area (Å²) in [6.45, 7) is 0. The summed E-state index contributed by atoms with van der Waals surface area (Å²) in [5.41, 5.74) is 3.58. The van der Waals surface area contributed by atoms with Gasteiger partial charge >= 0.3 is 0 Å². The minimum atomic E-state index is -1.05. The molecule has 1 fully saturated rings. The number of alkyl halides is 1. The molecule has 2 atom stereocenters. The lowest BCUT2D eigenvalue weighted by Gasteiger charge is -2.08. The molecule has 1 aromatic carbocycles. The molecule has 4 aromatic rings. The summed E-state index contributed by atoms with van der Waals surface area (Å²) in [7, 11) is 1.59. The Morgan fingerprint density at radius 2 is 2.19 bits per heavy atom. The van der Waals surface area contributed by atoms with E-state index in [4.69, 9.17) is 4.74 Å². The van der Waals surface area contributed by atoms with Crippen LogP contribution in [0.5, 0.6) is 5.75 Å². The van der Waals surface area contributed by atoms with Crippen LogP contribution < -0.4 is 10.1 Å². The van der Waals surface area contributed by atoms with Crippen molar-refractivity contribution in [3.05, 3.63) is 30.6 Å². The lowest BCUT2D eigenvalue weighted by Crippen LogP contribution is -2.15. The normalized spacial score (nSPS) is 18.7. The van der Waals surface area contributed by atoms with E-state index in [1.54, 1.807) is 19.5 Å². The molecule has 0 spiro atoms. The SMILES string of the molecule is COc1c(-c2[nH]nc3nc(NC(=O)C4CC4F)ccc23)ccc2[nH]cnc12. The second kappa shape index (κ2) is 5.76. The smallest absolute Gasteiger partial charge is 0.231 e. The highest BCUT2D eigenvalue weighted by atomic mass is 19.1. The van der Waals surface area contributed by atoms with Crippen molar-refractivity contribution in [2.45, 2.75) is 12.6 Å². The summed E-state index contributed by atoms with van der Waals surface area (Å²) in [5, 5.41) is 10.6. The van der Waals surface area contributed by atoms with Crippen LogP contribution >= 0.6 is 0 Å². The van der Waals surface area contributed by atoms with Gasteiger partial charge in [-0.1, -0.05) is 0 Å². The number of nitrogens with zero attached hydrogens (tertiary/aromatic N) is 3. The zero-order valence-electron chi connectivity index (χ0n) is 14.3. The number of H-pyrrole nitrogens is 2. The van der Waals surface area contributed by atoms with E-state index in [1.165, 1.54) is 0 Å². The monoisotopic (exact) mass is 366 g/mol. The van der Waals surface area contributed by atoms with Gasteiger partial charge in [0.1, 0.15) is 17.5 Å². The summed E-state index contributed by atoms with van der Waals surface area (Å²) < 4.78 is 18.6. The molecule has 1 aliphatic rings. The number of pyridine rings is 1. The van der Waals surface area contributed by atoms with E-state index in [0.29, 0.717) is 17.2 Å². The molecule has 1 aliphatic carbocycles. The van der Waals surface area contributed by atoms with Gasteiger partial charge in [-0.15, -0.1) is 0 Å². The van der Waals surface area contributed by atoms with Crippen molar-refractivity contribution in [2.75, 3.05) is 12.4 Å². The Kier molecular flexibility index (Phi) is 3.36. The Labute approximate surface area is 152 Å². The van der Waals surface area contributed by atoms with E-state index in [2.05, 4.69) is 30.5 Å². The van der Waals surface area contributed by atoms with Crippen molar-refractivity contribution in [3.8, 4) is 17.0 Å². The molecule has 27 heavy (non-hydrogen) atoms. The fraction of sp³-hybridized carbons (Fsp3) is 0.222. The standard InChI is InChI=1S/C18H15FN6O2/c1-27-16-8(2-4-12-15(16)21-7-20-12)14-9-3-5-13(22-17(9)25-24-14)23-18(26)10-6-11(10)19/h2-5,7,10-11H,6H2,1H3,(H,20,21)(H2,22,23,24,25,26). The Balaban J connectivity index is 1.54. The first-order valence-corrected chi connectivity index (χ1v) is 8.46. The number of imidazole rings is 1. The zero-order valence-corrected chi connectivity index (χ0v) is 14.3. The van der Waals surface area contributed by atoms with E-state index in [0.717, 1.165) is 27.7 Å². The number of anilines is 1. The number of fused-ring (bicyclic) bond motifs is 2. The van der Waals surface area contributed by atoms with Gasteiger partial charge in [-0.2, -0.15) is 5.10 Å². The van der Waals surface area contributed by atoms with Gasteiger partial charge in [0.25, 0.3) is 0 Å². The maximum atomic E-state index is 13.0. The van der Waals surface area contributed by atoms with Gasteiger partial charge in [-0.3, -0.25) is 9.89 Å². The first-order valence-electron chi connectivity index (χ1n) is 8.46. The largest absolute Gasteiger partial charge is 0.494 e. The summed E-state index contributed by atoms with van der Waals surface area (Å²) in [5.74, 6) is 0.0524. The van der Waals surface area contributed by atoms with Crippen molar-refractivity contribution < 1.29 is 13.9 Å². The van der Waals surface area contributed by atoms with Crippen LogP contribution in [0.4, 0.5) is 10.2 Å². The molecular weight excluding hydrogens is 351 g/mol. The molecule has 5 rings (SSSR count). The first-order chi connectivity index (χ1) is 13.2. The van der Waals surface area contributed by atoms with Crippen LogP contribution in [0.3, 0.4) is 0 Å². The van der Waals surface area contributed by atoms with E-state index < -0.39 is 12.1 Å². The fourth-order valence-corrected chi connectivity index (χ4v) is 3.21. The number of halogens is 1. The molecule has 2 unspecified atom stereocenters.